The van der Waals surface area contributed by atoms with Crippen molar-refractivity contribution in [2.45, 2.75) is 19.8 Å². The Kier molecular flexibility index (Phi) is 7.42. The normalized spacial score (nSPS) is 15.2. The molecule has 0 bridgehead atoms. The number of carbonyl (C=O) groups excluding carboxylic acids is 1. The number of piperazine rings is 1. The first kappa shape index (κ1) is 26.7. The molecule has 40 heavy (non-hydrogen) atoms. The van der Waals surface area contributed by atoms with E-state index in [1.807, 2.05) is 39.5 Å². The van der Waals surface area contributed by atoms with Gasteiger partial charge in [0.25, 0.3) is 0 Å². The first-order valence-electron chi connectivity index (χ1n) is 13.7. The molecule has 2 aliphatic heterocycles. The average molecular weight is 581 g/mol. The molecule has 208 valence electrons. The van der Waals surface area contributed by atoms with E-state index < -0.39 is 0 Å². The standard InChI is InChI=1S/C29H32Cl2N8O/c1-3-7-36-8-6-20-15-21(4-5-24(20)36)27-29(39-14-9-35(2)19-25(39)34-27)33-18-26(40)37-10-12-38(13-11-37)28-22(30)16-32-17-23(28)31/h4-5,9,14-17,19H,3,6-8,10-13,18H2,1-2H3/p+1. The van der Waals surface area contributed by atoms with Crippen LogP contribution in [0.15, 0.2) is 49.2 Å². The lowest BCUT2D eigenvalue weighted by Gasteiger charge is -2.36. The van der Waals surface area contributed by atoms with Crippen molar-refractivity contribution in [1.82, 2.24) is 19.3 Å². The van der Waals surface area contributed by atoms with E-state index >= 15 is 0 Å². The largest absolute Gasteiger partial charge is 0.371 e. The molecule has 0 spiro atoms. The number of imidazole rings is 1. The van der Waals surface area contributed by atoms with Crippen LogP contribution >= 0.6 is 23.2 Å². The number of halogens is 2. The monoisotopic (exact) mass is 579 g/mol. The van der Waals surface area contributed by atoms with Crippen LogP contribution in [0.3, 0.4) is 0 Å². The number of rotatable bonds is 7. The molecule has 1 aromatic carbocycles. The highest BCUT2D eigenvalue weighted by Crippen LogP contribution is 2.36. The average Bonchev–Trinajstić information content (AvgIpc) is 3.52. The summed E-state index contributed by atoms with van der Waals surface area (Å²) in [6.45, 7) is 6.99. The molecule has 1 saturated heterocycles. The third-order valence-electron chi connectivity index (χ3n) is 7.73. The van der Waals surface area contributed by atoms with E-state index in [0.717, 1.165) is 54.3 Å². The molecule has 11 heteroatoms. The van der Waals surface area contributed by atoms with Crippen LogP contribution in [-0.2, 0) is 18.3 Å². The number of nitrogens with one attached hydrogen (secondary N) is 1. The van der Waals surface area contributed by atoms with Crippen LogP contribution in [-0.4, -0.2) is 71.0 Å². The van der Waals surface area contributed by atoms with Gasteiger partial charge in [-0.05, 0) is 30.5 Å². The van der Waals surface area contributed by atoms with Crippen LogP contribution < -0.4 is 19.7 Å². The number of aryl methyl sites for hydroxylation is 1. The second kappa shape index (κ2) is 11.1. The third kappa shape index (κ3) is 5.04. The minimum absolute atomic E-state index is 0.0399. The number of hydrogen-bond acceptors (Lipinski definition) is 6. The molecule has 3 aromatic heterocycles. The zero-order chi connectivity index (χ0) is 27.8. The second-order valence-electron chi connectivity index (χ2n) is 10.4. The molecule has 0 atom stereocenters. The lowest BCUT2D eigenvalue weighted by atomic mass is 10.1. The summed E-state index contributed by atoms with van der Waals surface area (Å²) in [7, 11) is 1.98. The van der Waals surface area contributed by atoms with Gasteiger partial charge in [0.15, 0.2) is 6.20 Å². The van der Waals surface area contributed by atoms with Crippen LogP contribution in [0.1, 0.15) is 18.9 Å². The summed E-state index contributed by atoms with van der Waals surface area (Å²) in [4.78, 5) is 28.8. The maximum absolute atomic E-state index is 13.3. The molecular weight excluding hydrogens is 547 g/mol. The van der Waals surface area contributed by atoms with Crippen molar-refractivity contribution in [2.24, 2.45) is 7.05 Å². The molecule has 0 radical (unpaired) electrons. The summed E-state index contributed by atoms with van der Waals surface area (Å²) in [6, 6.07) is 6.62. The molecular formula is C29H33Cl2N8O+. The number of anilines is 3. The number of amides is 1. The maximum atomic E-state index is 13.3. The molecule has 1 fully saturated rings. The van der Waals surface area contributed by atoms with E-state index in [1.165, 1.54) is 11.3 Å². The highest BCUT2D eigenvalue weighted by atomic mass is 35.5. The highest BCUT2D eigenvalue weighted by Gasteiger charge is 2.26. The summed E-state index contributed by atoms with van der Waals surface area (Å²) in [5, 5.41) is 4.48. The molecule has 2 aliphatic rings. The van der Waals surface area contributed by atoms with E-state index in [-0.39, 0.29) is 12.5 Å². The van der Waals surface area contributed by atoms with Gasteiger partial charge in [-0.1, -0.05) is 36.2 Å². The van der Waals surface area contributed by atoms with Crippen LogP contribution in [0, 0.1) is 0 Å². The fourth-order valence-corrected chi connectivity index (χ4v) is 6.34. The molecule has 5 heterocycles. The SMILES string of the molecule is CCCN1CCc2cc(-c3nc4c[n+](C)ccn4c3NCC(=O)N3CCN(c4c(Cl)cncc4Cl)CC3)ccc21. The molecule has 0 saturated carbocycles. The number of carbonyl (C=O) groups is 1. The summed E-state index contributed by atoms with van der Waals surface area (Å²) in [5.74, 6) is 0.861. The van der Waals surface area contributed by atoms with Crippen LogP contribution in [0.4, 0.5) is 17.2 Å². The van der Waals surface area contributed by atoms with E-state index in [2.05, 4.69) is 45.2 Å². The smallest absolute Gasteiger partial charge is 0.242 e. The first-order valence-corrected chi connectivity index (χ1v) is 14.5. The van der Waals surface area contributed by atoms with Crippen molar-refractivity contribution in [1.29, 1.82) is 0 Å². The van der Waals surface area contributed by atoms with Gasteiger partial charge in [0.2, 0.25) is 17.8 Å². The minimum atomic E-state index is 0.0399. The Bertz CT molecular complexity index is 1540. The Balaban J connectivity index is 1.20. The molecule has 0 unspecified atom stereocenters. The van der Waals surface area contributed by atoms with Crippen LogP contribution in [0.25, 0.3) is 16.9 Å². The van der Waals surface area contributed by atoms with Gasteiger partial charge in [-0.2, -0.15) is 0 Å². The lowest BCUT2D eigenvalue weighted by molar-refractivity contribution is -0.670. The van der Waals surface area contributed by atoms with Gasteiger partial charge in [0.1, 0.15) is 18.6 Å². The molecule has 0 aliphatic carbocycles. The fourth-order valence-electron chi connectivity index (χ4n) is 5.74. The highest BCUT2D eigenvalue weighted by molar-refractivity contribution is 6.38. The quantitative estimate of drug-likeness (QED) is 0.333. The van der Waals surface area contributed by atoms with Gasteiger partial charge in [0, 0.05) is 62.9 Å². The number of benzene rings is 1. The van der Waals surface area contributed by atoms with E-state index in [1.54, 1.807) is 12.4 Å². The van der Waals surface area contributed by atoms with Crippen molar-refractivity contribution < 1.29 is 9.36 Å². The summed E-state index contributed by atoms with van der Waals surface area (Å²) in [5.41, 5.74) is 6.17. The van der Waals surface area contributed by atoms with Gasteiger partial charge < -0.3 is 20.0 Å². The topological polar surface area (TPSA) is 72.9 Å². The Hall–Kier alpha value is -3.56. The predicted octanol–water partition coefficient (Wildman–Crippen LogP) is 4.06. The van der Waals surface area contributed by atoms with Crippen molar-refractivity contribution in [3.05, 3.63) is 64.8 Å². The van der Waals surface area contributed by atoms with Gasteiger partial charge in [-0.3, -0.25) is 14.2 Å². The van der Waals surface area contributed by atoms with Crippen LogP contribution in [0.5, 0.6) is 0 Å². The van der Waals surface area contributed by atoms with Gasteiger partial charge in [-0.25, -0.2) is 9.55 Å². The molecule has 4 aromatic rings. The number of nitrogens with zero attached hydrogens (tertiary/aromatic N) is 7. The Labute approximate surface area is 243 Å². The van der Waals surface area contributed by atoms with E-state index in [9.17, 15) is 4.79 Å². The molecule has 9 nitrogen and oxygen atoms in total. The van der Waals surface area contributed by atoms with Crippen molar-refractivity contribution >= 4 is 51.9 Å². The fraction of sp³-hybridized carbons (Fsp3) is 0.379. The Morgan fingerprint density at radius 3 is 2.62 bits per heavy atom. The first-order chi connectivity index (χ1) is 19.4. The van der Waals surface area contributed by atoms with Crippen molar-refractivity contribution in [2.75, 3.05) is 60.9 Å². The molecule has 1 amide bonds. The van der Waals surface area contributed by atoms with Crippen LogP contribution in [0.2, 0.25) is 10.0 Å². The number of pyridine rings is 1. The minimum Gasteiger partial charge on any atom is -0.371 e. The van der Waals surface area contributed by atoms with Crippen molar-refractivity contribution in [3.63, 3.8) is 0 Å². The zero-order valence-corrected chi connectivity index (χ0v) is 24.3. The second-order valence-corrected chi connectivity index (χ2v) is 11.2. The number of fused-ring (bicyclic) bond motifs is 2. The lowest BCUT2D eigenvalue weighted by Crippen LogP contribution is -2.50. The van der Waals surface area contributed by atoms with E-state index in [0.29, 0.717) is 36.2 Å². The maximum Gasteiger partial charge on any atom is 0.242 e. The van der Waals surface area contributed by atoms with Gasteiger partial charge in [-0.15, -0.1) is 0 Å². The number of hydrogen-bond donors (Lipinski definition) is 1. The summed E-state index contributed by atoms with van der Waals surface area (Å²) < 4.78 is 4.00. The third-order valence-corrected chi connectivity index (χ3v) is 8.28. The zero-order valence-electron chi connectivity index (χ0n) is 22.8. The Morgan fingerprint density at radius 1 is 1.10 bits per heavy atom. The number of aromatic nitrogens is 4. The molecule has 1 N–H and O–H groups in total. The van der Waals surface area contributed by atoms with Crippen molar-refractivity contribution in [3.8, 4) is 11.3 Å². The van der Waals surface area contributed by atoms with Gasteiger partial charge >= 0.3 is 0 Å². The van der Waals surface area contributed by atoms with Gasteiger partial charge in [0.05, 0.1) is 28.5 Å². The van der Waals surface area contributed by atoms with E-state index in [4.69, 9.17) is 28.2 Å². The summed E-state index contributed by atoms with van der Waals surface area (Å²) in [6.07, 6.45) is 11.3. The summed E-state index contributed by atoms with van der Waals surface area (Å²) >= 11 is 12.7. The Morgan fingerprint density at radius 2 is 1.88 bits per heavy atom. The molecule has 6 rings (SSSR count). The predicted molar refractivity (Wildman–Crippen MR) is 160 cm³/mol.